The van der Waals surface area contributed by atoms with Crippen LogP contribution in [0.15, 0.2) is 77.0 Å². The normalized spacial score (nSPS) is 10.8. The quantitative estimate of drug-likeness (QED) is 0.225. The summed E-state index contributed by atoms with van der Waals surface area (Å²) in [5, 5.41) is 5.00. The minimum Gasteiger partial charge on any atom is -0.496 e. The first-order valence-corrected chi connectivity index (χ1v) is 11.9. The van der Waals surface area contributed by atoms with Crippen LogP contribution in [-0.4, -0.2) is 30.8 Å². The first-order chi connectivity index (χ1) is 16.2. The second kappa shape index (κ2) is 13.3. The van der Waals surface area contributed by atoms with Crippen molar-refractivity contribution in [2.45, 2.75) is 37.0 Å². The van der Waals surface area contributed by atoms with Gasteiger partial charge in [-0.2, -0.15) is 5.10 Å². The smallest absolute Gasteiger partial charge is 0.277 e. The van der Waals surface area contributed by atoms with Gasteiger partial charge in [-0.15, -0.1) is 11.8 Å². The molecule has 33 heavy (non-hydrogen) atoms. The molecule has 0 aliphatic rings. The summed E-state index contributed by atoms with van der Waals surface area (Å²) in [4.78, 5) is 16.4. The highest BCUT2D eigenvalue weighted by atomic mass is 32.2. The molecule has 0 saturated heterocycles. The molecule has 3 aromatic rings. The Morgan fingerprint density at radius 3 is 2.73 bits per heavy atom. The maximum absolute atomic E-state index is 12.1. The van der Waals surface area contributed by atoms with E-state index in [2.05, 4.69) is 22.4 Å². The molecular formula is C26H29N3O3S. The topological polar surface area (TPSA) is 72.8 Å². The predicted octanol–water partition coefficient (Wildman–Crippen LogP) is 5.25. The molecule has 0 bridgehead atoms. The lowest BCUT2D eigenvalue weighted by atomic mass is 10.1. The monoisotopic (exact) mass is 463 g/mol. The zero-order chi connectivity index (χ0) is 23.3. The fourth-order valence-electron chi connectivity index (χ4n) is 3.07. The standard InChI is InChI=1S/C26H29N3O3S/c1-3-4-7-20-9-12-23(13-10-20)32-18-25(30)29-28-17-21-11-14-24(31-2)22(16-21)19-33-26-8-5-6-15-27-26/h5-6,8-17H,3-4,7,18-19H2,1-2H3,(H,29,30)/b28-17+. The molecule has 1 amide bonds. The number of hydrogen-bond acceptors (Lipinski definition) is 6. The molecule has 0 unspecified atom stereocenters. The maximum atomic E-state index is 12.1. The van der Waals surface area contributed by atoms with E-state index in [1.54, 1.807) is 31.3 Å². The Morgan fingerprint density at radius 2 is 2.00 bits per heavy atom. The molecule has 0 radical (unpaired) electrons. The highest BCUT2D eigenvalue weighted by molar-refractivity contribution is 7.98. The van der Waals surface area contributed by atoms with Gasteiger partial charge in [0.1, 0.15) is 11.5 Å². The summed E-state index contributed by atoms with van der Waals surface area (Å²) in [5.74, 6) is 1.85. The fourth-order valence-corrected chi connectivity index (χ4v) is 3.91. The zero-order valence-corrected chi connectivity index (χ0v) is 19.8. The maximum Gasteiger partial charge on any atom is 0.277 e. The highest BCUT2D eigenvalue weighted by Crippen LogP contribution is 2.27. The van der Waals surface area contributed by atoms with Crippen molar-refractivity contribution < 1.29 is 14.3 Å². The van der Waals surface area contributed by atoms with Crippen LogP contribution >= 0.6 is 11.8 Å². The van der Waals surface area contributed by atoms with Gasteiger partial charge in [0, 0.05) is 17.5 Å². The van der Waals surface area contributed by atoms with Gasteiger partial charge >= 0.3 is 0 Å². The van der Waals surface area contributed by atoms with Crippen molar-refractivity contribution in [1.29, 1.82) is 0 Å². The Labute approximate surface area is 199 Å². The van der Waals surface area contributed by atoms with Crippen LogP contribution in [0.4, 0.5) is 0 Å². The second-order valence-corrected chi connectivity index (χ2v) is 8.35. The Hall–Kier alpha value is -3.32. The SMILES string of the molecule is CCCCc1ccc(OCC(=O)N/N=C/c2ccc(OC)c(CSc3ccccn3)c2)cc1. The summed E-state index contributed by atoms with van der Waals surface area (Å²) in [7, 11) is 1.65. The van der Waals surface area contributed by atoms with Crippen molar-refractivity contribution in [3.8, 4) is 11.5 Å². The molecule has 0 fully saturated rings. The van der Waals surface area contributed by atoms with E-state index in [9.17, 15) is 4.79 Å². The van der Waals surface area contributed by atoms with Crippen molar-refractivity contribution in [3.05, 3.63) is 83.6 Å². The number of aromatic nitrogens is 1. The van der Waals surface area contributed by atoms with E-state index in [1.807, 2.05) is 60.7 Å². The number of nitrogens with one attached hydrogen (secondary N) is 1. The Morgan fingerprint density at radius 1 is 1.15 bits per heavy atom. The van der Waals surface area contributed by atoms with E-state index in [-0.39, 0.29) is 12.5 Å². The summed E-state index contributed by atoms with van der Waals surface area (Å²) in [6, 6.07) is 19.5. The lowest BCUT2D eigenvalue weighted by molar-refractivity contribution is -0.123. The largest absolute Gasteiger partial charge is 0.496 e. The number of benzene rings is 2. The predicted molar refractivity (Wildman–Crippen MR) is 133 cm³/mol. The van der Waals surface area contributed by atoms with Crippen LogP contribution in [-0.2, 0) is 17.0 Å². The number of amides is 1. The molecule has 1 heterocycles. The molecule has 0 aliphatic carbocycles. The average molecular weight is 464 g/mol. The number of carbonyl (C=O) groups excluding carboxylic acids is 1. The van der Waals surface area contributed by atoms with Crippen LogP contribution in [0, 0.1) is 0 Å². The van der Waals surface area contributed by atoms with Gasteiger partial charge in [-0.25, -0.2) is 10.4 Å². The second-order valence-electron chi connectivity index (χ2n) is 7.36. The van der Waals surface area contributed by atoms with E-state index in [0.717, 1.165) is 28.3 Å². The fraction of sp³-hybridized carbons (Fsp3) is 0.269. The van der Waals surface area contributed by atoms with Crippen LogP contribution < -0.4 is 14.9 Å². The van der Waals surface area contributed by atoms with Crippen molar-refractivity contribution in [2.24, 2.45) is 5.10 Å². The molecule has 0 saturated carbocycles. The number of hydrazone groups is 1. The zero-order valence-electron chi connectivity index (χ0n) is 19.0. The van der Waals surface area contributed by atoms with Crippen molar-refractivity contribution in [3.63, 3.8) is 0 Å². The van der Waals surface area contributed by atoms with Gasteiger partial charge in [0.05, 0.1) is 18.4 Å². The van der Waals surface area contributed by atoms with Gasteiger partial charge in [-0.3, -0.25) is 4.79 Å². The van der Waals surface area contributed by atoms with Crippen LogP contribution in [0.5, 0.6) is 11.5 Å². The van der Waals surface area contributed by atoms with E-state index >= 15 is 0 Å². The van der Waals surface area contributed by atoms with Gasteiger partial charge in [0.15, 0.2) is 6.61 Å². The van der Waals surface area contributed by atoms with Crippen LogP contribution in [0.3, 0.4) is 0 Å². The van der Waals surface area contributed by atoms with E-state index in [1.165, 1.54) is 18.4 Å². The third kappa shape index (κ3) is 8.27. The van der Waals surface area contributed by atoms with E-state index in [4.69, 9.17) is 9.47 Å². The van der Waals surface area contributed by atoms with Gasteiger partial charge in [-0.1, -0.05) is 31.5 Å². The Balaban J connectivity index is 1.49. The number of methoxy groups -OCH3 is 1. The number of hydrogen-bond donors (Lipinski definition) is 1. The Kier molecular flexibility index (Phi) is 9.79. The lowest BCUT2D eigenvalue weighted by Crippen LogP contribution is -2.24. The molecule has 7 heteroatoms. The number of nitrogens with zero attached hydrogens (tertiary/aromatic N) is 2. The third-order valence-electron chi connectivity index (χ3n) is 4.83. The van der Waals surface area contributed by atoms with Gasteiger partial charge in [0.25, 0.3) is 5.91 Å². The summed E-state index contributed by atoms with van der Waals surface area (Å²) in [6.45, 7) is 2.08. The number of pyridine rings is 1. The third-order valence-corrected chi connectivity index (χ3v) is 5.83. The van der Waals surface area contributed by atoms with Crippen LogP contribution in [0.2, 0.25) is 0 Å². The molecule has 0 atom stereocenters. The molecule has 172 valence electrons. The first-order valence-electron chi connectivity index (χ1n) is 10.9. The molecule has 6 nitrogen and oxygen atoms in total. The molecule has 0 aliphatic heterocycles. The number of aryl methyl sites for hydroxylation is 1. The molecule has 3 rings (SSSR count). The number of carbonyl (C=O) groups is 1. The number of unbranched alkanes of at least 4 members (excludes halogenated alkanes) is 1. The summed E-state index contributed by atoms with van der Waals surface area (Å²) in [6.07, 6.45) is 6.77. The van der Waals surface area contributed by atoms with Crippen molar-refractivity contribution in [1.82, 2.24) is 10.4 Å². The molecule has 2 aromatic carbocycles. The van der Waals surface area contributed by atoms with E-state index < -0.39 is 0 Å². The number of ether oxygens (including phenoxy) is 2. The van der Waals surface area contributed by atoms with Gasteiger partial charge in [-0.05, 0) is 66.4 Å². The summed E-state index contributed by atoms with van der Waals surface area (Å²) >= 11 is 1.63. The molecule has 1 aromatic heterocycles. The minimum absolute atomic E-state index is 0.0970. The number of rotatable bonds is 12. The van der Waals surface area contributed by atoms with Crippen LogP contribution in [0.1, 0.15) is 36.5 Å². The Bertz CT molecular complexity index is 1040. The minimum atomic E-state index is -0.319. The molecule has 0 spiro atoms. The van der Waals surface area contributed by atoms with Gasteiger partial charge in [0.2, 0.25) is 0 Å². The number of thioether (sulfide) groups is 1. The molecule has 1 N–H and O–H groups in total. The van der Waals surface area contributed by atoms with Crippen LogP contribution in [0.25, 0.3) is 0 Å². The van der Waals surface area contributed by atoms with Gasteiger partial charge < -0.3 is 9.47 Å². The van der Waals surface area contributed by atoms with E-state index in [0.29, 0.717) is 11.5 Å². The summed E-state index contributed by atoms with van der Waals surface area (Å²) in [5.41, 5.74) is 5.66. The summed E-state index contributed by atoms with van der Waals surface area (Å²) < 4.78 is 11.0. The first kappa shape index (κ1) is 24.3. The highest BCUT2D eigenvalue weighted by Gasteiger charge is 2.06. The average Bonchev–Trinajstić information content (AvgIpc) is 2.86. The van der Waals surface area contributed by atoms with Crippen molar-refractivity contribution in [2.75, 3.05) is 13.7 Å². The lowest BCUT2D eigenvalue weighted by Gasteiger charge is -2.09. The molecular weight excluding hydrogens is 434 g/mol. The van der Waals surface area contributed by atoms with Crippen molar-refractivity contribution >= 4 is 23.9 Å².